The second-order valence-corrected chi connectivity index (χ2v) is 9.35. The average Bonchev–Trinajstić information content (AvgIpc) is 3.60. The number of hydrogen-bond donors (Lipinski definition) is 1. The first-order valence-electron chi connectivity index (χ1n) is 11.2. The molecule has 0 aliphatic carbocycles. The van der Waals surface area contributed by atoms with Gasteiger partial charge in [0.15, 0.2) is 5.82 Å². The molecule has 0 saturated carbocycles. The first-order valence-corrected chi connectivity index (χ1v) is 11.6. The van der Waals surface area contributed by atoms with Crippen molar-refractivity contribution in [2.75, 3.05) is 36.5 Å². The number of nitriles is 1. The van der Waals surface area contributed by atoms with Crippen molar-refractivity contribution >= 4 is 40.0 Å². The van der Waals surface area contributed by atoms with E-state index in [2.05, 4.69) is 30.3 Å². The molecule has 2 aliphatic rings. The van der Waals surface area contributed by atoms with Crippen LogP contribution >= 0.6 is 11.6 Å². The molecular weight excluding hydrogens is 471 g/mol. The highest BCUT2D eigenvalue weighted by atomic mass is 35.5. The SMILES string of the molecule is N#Cc1cc(F)c(-n2ncc3cnc(Nc4cc(N5CCC6(CCOC6)C5)ncn4)cc32)c(Cl)c1. The number of hydrogen-bond acceptors (Lipinski definition) is 8. The van der Waals surface area contributed by atoms with Gasteiger partial charge >= 0.3 is 0 Å². The Morgan fingerprint density at radius 2 is 2.00 bits per heavy atom. The Kier molecular flexibility index (Phi) is 5.24. The molecule has 5 heterocycles. The number of benzene rings is 1. The van der Waals surface area contributed by atoms with Crippen LogP contribution in [0.1, 0.15) is 18.4 Å². The summed E-state index contributed by atoms with van der Waals surface area (Å²) in [6.45, 7) is 3.48. The van der Waals surface area contributed by atoms with E-state index in [1.165, 1.54) is 17.1 Å². The number of aromatic nitrogens is 5. The van der Waals surface area contributed by atoms with Crippen molar-refractivity contribution in [3.63, 3.8) is 0 Å². The van der Waals surface area contributed by atoms with Crippen molar-refractivity contribution in [1.29, 1.82) is 5.26 Å². The highest BCUT2D eigenvalue weighted by Gasteiger charge is 2.41. The van der Waals surface area contributed by atoms with Crippen LogP contribution in [0.4, 0.5) is 21.8 Å². The minimum absolute atomic E-state index is 0.0704. The third kappa shape index (κ3) is 3.92. The molecule has 0 radical (unpaired) electrons. The number of anilines is 3. The van der Waals surface area contributed by atoms with Gasteiger partial charge in [0.25, 0.3) is 0 Å². The van der Waals surface area contributed by atoms with E-state index in [1.54, 1.807) is 18.5 Å². The maximum Gasteiger partial charge on any atom is 0.151 e. The summed E-state index contributed by atoms with van der Waals surface area (Å²) in [5.41, 5.74) is 1.04. The minimum Gasteiger partial charge on any atom is -0.381 e. The number of nitrogens with zero attached hydrogens (tertiary/aromatic N) is 7. The summed E-state index contributed by atoms with van der Waals surface area (Å²) in [6.07, 6.45) is 6.93. The van der Waals surface area contributed by atoms with Crippen LogP contribution in [0.15, 0.2) is 43.0 Å². The molecule has 1 N–H and O–H groups in total. The topological polar surface area (TPSA) is 105 Å². The monoisotopic (exact) mass is 490 g/mol. The van der Waals surface area contributed by atoms with E-state index in [-0.39, 0.29) is 21.7 Å². The average molecular weight is 491 g/mol. The molecule has 1 atom stereocenters. The normalized spacial score (nSPS) is 19.5. The molecule has 2 aliphatic heterocycles. The van der Waals surface area contributed by atoms with Crippen LogP contribution in [0.25, 0.3) is 16.6 Å². The van der Waals surface area contributed by atoms with Gasteiger partial charge in [-0.25, -0.2) is 24.0 Å². The lowest BCUT2D eigenvalue weighted by Crippen LogP contribution is -2.28. The van der Waals surface area contributed by atoms with Crippen LogP contribution < -0.4 is 10.2 Å². The Bertz CT molecular complexity index is 1450. The van der Waals surface area contributed by atoms with Crippen molar-refractivity contribution in [3.8, 4) is 11.8 Å². The van der Waals surface area contributed by atoms with Crippen LogP contribution in [-0.2, 0) is 4.74 Å². The Hall–Kier alpha value is -3.81. The zero-order chi connectivity index (χ0) is 24.0. The van der Waals surface area contributed by atoms with E-state index in [4.69, 9.17) is 21.6 Å². The summed E-state index contributed by atoms with van der Waals surface area (Å²) in [7, 11) is 0. The van der Waals surface area contributed by atoms with Gasteiger partial charge in [-0.15, -0.1) is 0 Å². The predicted molar refractivity (Wildman–Crippen MR) is 129 cm³/mol. The molecule has 35 heavy (non-hydrogen) atoms. The highest BCUT2D eigenvalue weighted by molar-refractivity contribution is 6.32. The standard InChI is InChI=1S/C24H20ClFN8O/c25-17-5-15(9-27)6-18(26)23(17)34-19-7-20(28-10-16(19)11-31-34)32-21-8-22(30-14-29-21)33-3-1-24(12-33)2-4-35-13-24/h5-8,10-11,14H,1-4,12-13H2,(H,28,29,30,32). The third-order valence-electron chi connectivity index (χ3n) is 6.67. The van der Waals surface area contributed by atoms with Crippen LogP contribution in [0.3, 0.4) is 0 Å². The smallest absolute Gasteiger partial charge is 0.151 e. The van der Waals surface area contributed by atoms with E-state index in [1.807, 2.05) is 12.1 Å². The van der Waals surface area contributed by atoms with Crippen molar-refractivity contribution in [3.05, 3.63) is 59.4 Å². The molecule has 0 bridgehead atoms. The van der Waals surface area contributed by atoms with Crippen molar-refractivity contribution in [2.45, 2.75) is 12.8 Å². The predicted octanol–water partition coefficient (Wildman–Crippen LogP) is 4.24. The fraction of sp³-hybridized carbons (Fsp3) is 0.292. The molecule has 1 spiro atoms. The molecule has 4 aromatic rings. The zero-order valence-corrected chi connectivity index (χ0v) is 19.3. The maximum absolute atomic E-state index is 14.8. The van der Waals surface area contributed by atoms with E-state index in [0.29, 0.717) is 22.5 Å². The summed E-state index contributed by atoms with van der Waals surface area (Å²) in [6, 6.07) is 8.09. The van der Waals surface area contributed by atoms with Crippen LogP contribution in [0.2, 0.25) is 5.02 Å². The lowest BCUT2D eigenvalue weighted by atomic mass is 9.87. The van der Waals surface area contributed by atoms with Crippen LogP contribution in [-0.4, -0.2) is 51.0 Å². The second-order valence-electron chi connectivity index (χ2n) is 8.95. The van der Waals surface area contributed by atoms with Crippen molar-refractivity contribution in [1.82, 2.24) is 24.7 Å². The zero-order valence-electron chi connectivity index (χ0n) is 18.6. The quantitative estimate of drug-likeness (QED) is 0.453. The van der Waals surface area contributed by atoms with E-state index >= 15 is 0 Å². The molecule has 6 rings (SSSR count). The van der Waals surface area contributed by atoms with E-state index in [9.17, 15) is 4.39 Å². The second kappa shape index (κ2) is 8.45. The number of nitrogens with one attached hydrogen (secondary N) is 1. The number of ether oxygens (including phenoxy) is 1. The highest BCUT2D eigenvalue weighted by Crippen LogP contribution is 2.39. The van der Waals surface area contributed by atoms with Gasteiger partial charge in [0.05, 0.1) is 35.0 Å². The van der Waals surface area contributed by atoms with Crippen molar-refractivity contribution in [2.24, 2.45) is 5.41 Å². The van der Waals surface area contributed by atoms with Gasteiger partial charge in [0, 0.05) is 48.8 Å². The van der Waals surface area contributed by atoms with Gasteiger partial charge in [-0.1, -0.05) is 11.6 Å². The Balaban J connectivity index is 1.29. The first kappa shape index (κ1) is 21.7. The minimum atomic E-state index is -0.637. The first-order chi connectivity index (χ1) is 17.0. The summed E-state index contributed by atoms with van der Waals surface area (Å²) < 4.78 is 21.8. The van der Waals surface area contributed by atoms with Crippen molar-refractivity contribution < 1.29 is 9.13 Å². The molecule has 1 aromatic carbocycles. The largest absolute Gasteiger partial charge is 0.381 e. The summed E-state index contributed by atoms with van der Waals surface area (Å²) in [5.74, 6) is 1.32. The maximum atomic E-state index is 14.8. The molecule has 9 nitrogen and oxygen atoms in total. The number of pyridine rings is 1. The molecule has 0 amide bonds. The molecule has 3 aromatic heterocycles. The van der Waals surface area contributed by atoms with Gasteiger partial charge in [0.1, 0.15) is 29.5 Å². The summed E-state index contributed by atoms with van der Waals surface area (Å²) in [4.78, 5) is 15.5. The van der Waals surface area contributed by atoms with E-state index < -0.39 is 5.82 Å². The van der Waals surface area contributed by atoms with Gasteiger partial charge in [-0.3, -0.25) is 0 Å². The van der Waals surface area contributed by atoms with Gasteiger partial charge < -0.3 is 15.0 Å². The van der Waals surface area contributed by atoms with E-state index in [0.717, 1.165) is 51.0 Å². The Morgan fingerprint density at radius 3 is 2.80 bits per heavy atom. The van der Waals surface area contributed by atoms with Gasteiger partial charge in [-0.05, 0) is 25.0 Å². The Labute approximate surface area is 205 Å². The Morgan fingerprint density at radius 1 is 1.11 bits per heavy atom. The lowest BCUT2D eigenvalue weighted by molar-refractivity contribution is 0.160. The third-order valence-corrected chi connectivity index (χ3v) is 6.95. The fourth-order valence-electron chi connectivity index (χ4n) is 4.82. The van der Waals surface area contributed by atoms with Crippen LogP contribution in [0, 0.1) is 22.6 Å². The van der Waals surface area contributed by atoms with Gasteiger partial charge in [0.2, 0.25) is 0 Å². The number of rotatable bonds is 4. The summed E-state index contributed by atoms with van der Waals surface area (Å²) >= 11 is 6.29. The summed E-state index contributed by atoms with van der Waals surface area (Å²) in [5, 5.41) is 17.4. The molecular formula is C24H20ClFN8O. The lowest BCUT2D eigenvalue weighted by Gasteiger charge is -2.22. The molecule has 1 unspecified atom stereocenters. The molecule has 2 fully saturated rings. The molecule has 176 valence electrons. The molecule has 11 heteroatoms. The number of halogens is 2. The molecule has 2 saturated heterocycles. The fourth-order valence-corrected chi connectivity index (χ4v) is 5.11. The van der Waals surface area contributed by atoms with Crippen LogP contribution in [0.5, 0.6) is 0 Å². The number of fused-ring (bicyclic) bond motifs is 1. The van der Waals surface area contributed by atoms with Gasteiger partial charge in [-0.2, -0.15) is 10.4 Å².